The van der Waals surface area contributed by atoms with Crippen LogP contribution in [0.3, 0.4) is 0 Å². The fraction of sp³-hybridized carbons (Fsp3) is 0.176. The van der Waals surface area contributed by atoms with Crippen LogP contribution in [0.4, 0.5) is 8.78 Å². The van der Waals surface area contributed by atoms with Crippen LogP contribution in [0.1, 0.15) is 23.4 Å². The molecule has 0 spiro atoms. The van der Waals surface area contributed by atoms with E-state index in [0.717, 1.165) is 12.1 Å². The van der Waals surface area contributed by atoms with Crippen molar-refractivity contribution in [2.45, 2.75) is 19.5 Å². The van der Waals surface area contributed by atoms with E-state index in [1.807, 2.05) is 19.1 Å². The van der Waals surface area contributed by atoms with Gasteiger partial charge in [0.15, 0.2) is 0 Å². The third-order valence-electron chi connectivity index (χ3n) is 3.48. The largest absolute Gasteiger partial charge is 0.305 e. The molecule has 0 radical (unpaired) electrons. The van der Waals surface area contributed by atoms with E-state index in [1.165, 1.54) is 21.0 Å². The summed E-state index contributed by atoms with van der Waals surface area (Å²) < 4.78 is 28.0. The van der Waals surface area contributed by atoms with E-state index in [9.17, 15) is 8.78 Å². The lowest BCUT2D eigenvalue weighted by Gasteiger charge is -2.12. The molecule has 0 aliphatic heterocycles. The maximum atomic E-state index is 13.6. The first-order valence-corrected chi connectivity index (χ1v) is 7.61. The van der Waals surface area contributed by atoms with E-state index < -0.39 is 5.82 Å². The lowest BCUT2D eigenvalue weighted by molar-refractivity contribution is 0.539. The van der Waals surface area contributed by atoms with Crippen molar-refractivity contribution in [3.8, 4) is 0 Å². The first-order valence-electron chi connectivity index (χ1n) is 6.79. The molecular weight excluding hydrogens is 288 g/mol. The molecule has 4 heteroatoms. The summed E-state index contributed by atoms with van der Waals surface area (Å²) in [5, 5.41) is 4.46. The highest BCUT2D eigenvalue weighted by Crippen LogP contribution is 2.29. The summed E-state index contributed by atoms with van der Waals surface area (Å²) in [4.78, 5) is 1.19. The Morgan fingerprint density at radius 1 is 1.10 bits per heavy atom. The van der Waals surface area contributed by atoms with Gasteiger partial charge in [-0.2, -0.15) is 0 Å². The lowest BCUT2D eigenvalue weighted by atomic mass is 10.1. The van der Waals surface area contributed by atoms with Crippen molar-refractivity contribution in [3.05, 3.63) is 70.6 Å². The second-order valence-electron chi connectivity index (χ2n) is 5.02. The van der Waals surface area contributed by atoms with Gasteiger partial charge in [0.05, 0.1) is 0 Å². The van der Waals surface area contributed by atoms with E-state index in [4.69, 9.17) is 0 Å². The molecule has 1 heterocycles. The Hall–Kier alpha value is -1.78. The minimum atomic E-state index is -0.414. The summed E-state index contributed by atoms with van der Waals surface area (Å²) in [6, 6.07) is 14.0. The predicted octanol–water partition coefficient (Wildman–Crippen LogP) is 5.03. The van der Waals surface area contributed by atoms with Gasteiger partial charge in [0, 0.05) is 27.7 Å². The Kier molecular flexibility index (Phi) is 3.99. The van der Waals surface area contributed by atoms with Gasteiger partial charge >= 0.3 is 0 Å². The third-order valence-corrected chi connectivity index (χ3v) is 4.78. The minimum Gasteiger partial charge on any atom is -0.305 e. The molecule has 0 saturated heterocycles. The first kappa shape index (κ1) is 14.2. The molecule has 1 atom stereocenters. The molecule has 0 saturated carbocycles. The van der Waals surface area contributed by atoms with Crippen LogP contribution in [0, 0.1) is 11.6 Å². The van der Waals surface area contributed by atoms with E-state index in [1.54, 1.807) is 11.3 Å². The molecule has 0 fully saturated rings. The highest BCUT2D eigenvalue weighted by atomic mass is 32.1. The summed E-state index contributed by atoms with van der Waals surface area (Å²) in [6.45, 7) is 2.33. The minimum absolute atomic E-state index is 0.0880. The van der Waals surface area contributed by atoms with Crippen molar-refractivity contribution >= 4 is 21.4 Å². The number of halogens is 2. The summed E-state index contributed by atoms with van der Waals surface area (Å²) in [7, 11) is 0. The zero-order valence-corrected chi connectivity index (χ0v) is 12.4. The SMILES string of the molecule is CC(NCc1cc(F)ccc1F)c1cc2ccccc2s1. The van der Waals surface area contributed by atoms with Crippen molar-refractivity contribution in [1.82, 2.24) is 5.32 Å². The van der Waals surface area contributed by atoms with Crippen molar-refractivity contribution in [2.75, 3.05) is 0 Å². The number of nitrogens with one attached hydrogen (secondary N) is 1. The third kappa shape index (κ3) is 3.12. The molecule has 21 heavy (non-hydrogen) atoms. The highest BCUT2D eigenvalue weighted by Gasteiger charge is 2.11. The second kappa shape index (κ2) is 5.92. The molecule has 1 aromatic heterocycles. The molecule has 1 N–H and O–H groups in total. The molecular formula is C17H15F2NS. The van der Waals surface area contributed by atoms with Gasteiger partial charge in [0.25, 0.3) is 0 Å². The monoisotopic (exact) mass is 303 g/mol. The molecule has 0 bridgehead atoms. The van der Waals surface area contributed by atoms with Crippen LogP contribution in [-0.2, 0) is 6.54 Å². The van der Waals surface area contributed by atoms with Gasteiger partial charge in [-0.05, 0) is 42.6 Å². The zero-order valence-electron chi connectivity index (χ0n) is 11.6. The quantitative estimate of drug-likeness (QED) is 0.713. The Morgan fingerprint density at radius 2 is 1.90 bits per heavy atom. The first-order chi connectivity index (χ1) is 10.1. The maximum Gasteiger partial charge on any atom is 0.127 e. The Labute approximate surface area is 126 Å². The van der Waals surface area contributed by atoms with E-state index in [-0.39, 0.29) is 11.9 Å². The highest BCUT2D eigenvalue weighted by molar-refractivity contribution is 7.19. The molecule has 3 rings (SSSR count). The van der Waals surface area contributed by atoms with Crippen LogP contribution in [0.15, 0.2) is 48.5 Å². The van der Waals surface area contributed by atoms with Crippen LogP contribution in [0.25, 0.3) is 10.1 Å². The van der Waals surface area contributed by atoms with Gasteiger partial charge in [-0.25, -0.2) is 8.78 Å². The lowest BCUT2D eigenvalue weighted by Crippen LogP contribution is -2.18. The van der Waals surface area contributed by atoms with Crippen LogP contribution in [-0.4, -0.2) is 0 Å². The molecule has 2 aromatic carbocycles. The predicted molar refractivity (Wildman–Crippen MR) is 83.4 cm³/mol. The average molecular weight is 303 g/mol. The molecule has 1 unspecified atom stereocenters. The molecule has 1 nitrogen and oxygen atoms in total. The average Bonchev–Trinajstić information content (AvgIpc) is 2.92. The summed E-state index contributed by atoms with van der Waals surface area (Å²) in [5.41, 5.74) is 0.350. The smallest absolute Gasteiger partial charge is 0.127 e. The van der Waals surface area contributed by atoms with E-state index >= 15 is 0 Å². The van der Waals surface area contributed by atoms with E-state index in [0.29, 0.717) is 12.1 Å². The standard InChI is InChI=1S/C17H15F2NS/c1-11(17-9-12-4-2-3-5-16(12)21-17)20-10-13-8-14(18)6-7-15(13)19/h2-9,11,20H,10H2,1H3. The number of benzene rings is 2. The zero-order chi connectivity index (χ0) is 14.8. The fourth-order valence-corrected chi connectivity index (χ4v) is 3.35. The van der Waals surface area contributed by atoms with E-state index in [2.05, 4.69) is 23.5 Å². The summed E-state index contributed by atoms with van der Waals surface area (Å²) in [6.07, 6.45) is 0. The maximum absolute atomic E-state index is 13.6. The van der Waals surface area contributed by atoms with Gasteiger partial charge in [-0.1, -0.05) is 18.2 Å². The molecule has 0 aliphatic carbocycles. The van der Waals surface area contributed by atoms with Crippen LogP contribution in [0.2, 0.25) is 0 Å². The Bertz CT molecular complexity index is 733. The van der Waals surface area contributed by atoms with Crippen molar-refractivity contribution < 1.29 is 8.78 Å². The van der Waals surface area contributed by atoms with Crippen molar-refractivity contribution in [2.24, 2.45) is 0 Å². The van der Waals surface area contributed by atoms with Crippen LogP contribution < -0.4 is 5.32 Å². The number of fused-ring (bicyclic) bond motifs is 1. The number of rotatable bonds is 4. The summed E-state index contributed by atoms with van der Waals surface area (Å²) in [5.74, 6) is -0.796. The molecule has 0 aliphatic rings. The Morgan fingerprint density at radius 3 is 2.71 bits per heavy atom. The normalized spacial score (nSPS) is 12.7. The van der Waals surface area contributed by atoms with Gasteiger partial charge in [-0.15, -0.1) is 11.3 Å². The number of hydrogen-bond donors (Lipinski definition) is 1. The van der Waals surface area contributed by atoms with Gasteiger partial charge < -0.3 is 5.32 Å². The second-order valence-corrected chi connectivity index (χ2v) is 6.14. The number of thiophene rings is 1. The van der Waals surface area contributed by atoms with Crippen LogP contribution in [0.5, 0.6) is 0 Å². The molecule has 0 amide bonds. The van der Waals surface area contributed by atoms with Crippen LogP contribution >= 0.6 is 11.3 Å². The van der Waals surface area contributed by atoms with Gasteiger partial charge in [-0.3, -0.25) is 0 Å². The van der Waals surface area contributed by atoms with Gasteiger partial charge in [0.2, 0.25) is 0 Å². The number of hydrogen-bond acceptors (Lipinski definition) is 2. The molecule has 108 valence electrons. The fourth-order valence-electron chi connectivity index (χ4n) is 2.26. The molecule has 3 aromatic rings. The topological polar surface area (TPSA) is 12.0 Å². The van der Waals surface area contributed by atoms with Crippen molar-refractivity contribution in [1.29, 1.82) is 0 Å². The van der Waals surface area contributed by atoms with Gasteiger partial charge in [0.1, 0.15) is 11.6 Å². The summed E-state index contributed by atoms with van der Waals surface area (Å²) >= 11 is 1.72. The van der Waals surface area contributed by atoms with Crippen molar-refractivity contribution in [3.63, 3.8) is 0 Å². The Balaban J connectivity index is 1.74.